The lowest BCUT2D eigenvalue weighted by Gasteiger charge is -2.20. The van der Waals surface area contributed by atoms with E-state index in [4.69, 9.17) is 0 Å². The summed E-state index contributed by atoms with van der Waals surface area (Å²) in [5, 5.41) is 40.9. The summed E-state index contributed by atoms with van der Waals surface area (Å²) in [5.74, 6) is -2.67. The Bertz CT molecular complexity index is 884. The molecule has 2 rings (SSSR count). The van der Waals surface area contributed by atoms with Crippen molar-refractivity contribution in [3.63, 3.8) is 0 Å². The van der Waals surface area contributed by atoms with Gasteiger partial charge in [0.15, 0.2) is 0 Å². The summed E-state index contributed by atoms with van der Waals surface area (Å²) in [4.78, 5) is 24.7. The van der Waals surface area contributed by atoms with E-state index in [0.29, 0.717) is 11.1 Å². The van der Waals surface area contributed by atoms with E-state index in [0.717, 1.165) is 32.9 Å². The largest absolute Gasteiger partial charge is 0.390 e. The smallest absolute Gasteiger partial charge is 0.232 e. The molecule has 0 aliphatic rings. The van der Waals surface area contributed by atoms with Crippen LogP contribution in [0, 0.1) is 0 Å². The Labute approximate surface area is 204 Å². The standard InChI is InChI=1S/C24H28Br2O6/c1-3-15-7-5-13(9-17(15)25)11-19(27)21(29)23(31)24(32)22(30)20(28)12-14-6-8-16(4-2)18(26)10-14/h5-10,19-22,27-30H,3-4,11-12H2,1-2H3/t19?,20?,21-,22+. The van der Waals surface area contributed by atoms with E-state index in [9.17, 15) is 30.0 Å². The van der Waals surface area contributed by atoms with Gasteiger partial charge in [-0.2, -0.15) is 0 Å². The first-order valence-corrected chi connectivity index (χ1v) is 12.0. The minimum Gasteiger partial charge on any atom is -0.390 e. The zero-order chi connectivity index (χ0) is 24.0. The van der Waals surface area contributed by atoms with Crippen LogP contribution >= 0.6 is 31.9 Å². The molecule has 0 aromatic heterocycles. The molecule has 4 N–H and O–H groups in total. The molecule has 6 nitrogen and oxygen atoms in total. The van der Waals surface area contributed by atoms with Crippen molar-refractivity contribution in [2.75, 3.05) is 0 Å². The second kappa shape index (κ2) is 12.2. The van der Waals surface area contributed by atoms with Crippen molar-refractivity contribution in [2.24, 2.45) is 0 Å². The van der Waals surface area contributed by atoms with Gasteiger partial charge in [-0.05, 0) is 47.2 Å². The molecule has 0 heterocycles. The third-order valence-electron chi connectivity index (χ3n) is 5.40. The van der Waals surface area contributed by atoms with Gasteiger partial charge in [0, 0.05) is 21.8 Å². The number of hydrogen-bond acceptors (Lipinski definition) is 6. The van der Waals surface area contributed by atoms with Crippen LogP contribution in [0.2, 0.25) is 0 Å². The van der Waals surface area contributed by atoms with Crippen molar-refractivity contribution in [2.45, 2.75) is 63.9 Å². The quantitative estimate of drug-likeness (QED) is 0.308. The molecule has 0 aliphatic heterocycles. The minimum atomic E-state index is -2.01. The summed E-state index contributed by atoms with van der Waals surface area (Å²) >= 11 is 6.86. The number of carbonyl (C=O) groups excluding carboxylic acids is 2. The van der Waals surface area contributed by atoms with E-state index in [1.807, 2.05) is 26.0 Å². The number of aryl methyl sites for hydroxylation is 2. The molecular weight excluding hydrogens is 544 g/mol. The molecule has 0 spiro atoms. The number of aliphatic hydroxyl groups excluding tert-OH is 4. The number of halogens is 2. The van der Waals surface area contributed by atoms with E-state index in [1.165, 1.54) is 0 Å². The summed E-state index contributed by atoms with van der Waals surface area (Å²) in [6.45, 7) is 4.00. The summed E-state index contributed by atoms with van der Waals surface area (Å²) < 4.78 is 1.69. The summed E-state index contributed by atoms with van der Waals surface area (Å²) in [5.41, 5.74) is 3.48. The van der Waals surface area contributed by atoms with Gasteiger partial charge in [-0.15, -0.1) is 0 Å². The number of ketones is 2. The fraction of sp³-hybridized carbons (Fsp3) is 0.417. The molecule has 32 heavy (non-hydrogen) atoms. The maximum atomic E-state index is 12.3. The average molecular weight is 572 g/mol. The first kappa shape index (κ1) is 26.8. The third-order valence-corrected chi connectivity index (χ3v) is 6.87. The van der Waals surface area contributed by atoms with E-state index < -0.39 is 36.0 Å². The van der Waals surface area contributed by atoms with Gasteiger partial charge in [-0.3, -0.25) is 9.59 Å². The molecule has 0 radical (unpaired) electrons. The van der Waals surface area contributed by atoms with Crippen molar-refractivity contribution < 1.29 is 30.0 Å². The molecule has 0 saturated heterocycles. The number of benzene rings is 2. The molecule has 0 aliphatic carbocycles. The molecule has 0 saturated carbocycles. The molecule has 8 heteroatoms. The molecule has 0 bridgehead atoms. The van der Waals surface area contributed by atoms with Crippen LogP contribution in [0.25, 0.3) is 0 Å². The lowest BCUT2D eigenvalue weighted by atomic mass is 9.94. The molecule has 2 aromatic carbocycles. The molecule has 2 aromatic rings. The molecule has 2 unspecified atom stereocenters. The maximum Gasteiger partial charge on any atom is 0.232 e. The number of hydrogen-bond donors (Lipinski definition) is 4. The second-order valence-corrected chi connectivity index (χ2v) is 9.43. The first-order chi connectivity index (χ1) is 15.1. The molecule has 0 fully saturated rings. The van der Waals surface area contributed by atoms with Crippen LogP contribution in [0.4, 0.5) is 0 Å². The Kier molecular flexibility index (Phi) is 10.2. The second-order valence-electron chi connectivity index (χ2n) is 7.72. The van der Waals surface area contributed by atoms with Gasteiger partial charge < -0.3 is 20.4 Å². The monoisotopic (exact) mass is 570 g/mol. The van der Waals surface area contributed by atoms with E-state index in [-0.39, 0.29) is 12.8 Å². The average Bonchev–Trinajstić information content (AvgIpc) is 2.77. The highest BCUT2D eigenvalue weighted by Gasteiger charge is 2.36. The number of aliphatic hydroxyl groups is 4. The van der Waals surface area contributed by atoms with Gasteiger partial charge in [0.05, 0.1) is 12.2 Å². The molecule has 174 valence electrons. The Morgan fingerprint density at radius 1 is 0.719 bits per heavy atom. The Hall–Kier alpha value is -1.42. The van der Waals surface area contributed by atoms with Crippen molar-refractivity contribution >= 4 is 43.4 Å². The first-order valence-electron chi connectivity index (χ1n) is 10.4. The highest BCUT2D eigenvalue weighted by molar-refractivity contribution is 9.10. The van der Waals surface area contributed by atoms with Gasteiger partial charge in [-0.1, -0.05) is 70.0 Å². The van der Waals surface area contributed by atoms with Crippen molar-refractivity contribution in [1.82, 2.24) is 0 Å². The van der Waals surface area contributed by atoms with Crippen molar-refractivity contribution in [3.8, 4) is 0 Å². The van der Waals surface area contributed by atoms with Crippen LogP contribution in [-0.2, 0) is 35.3 Å². The molecule has 4 atom stereocenters. The number of rotatable bonds is 11. The van der Waals surface area contributed by atoms with Crippen molar-refractivity contribution in [1.29, 1.82) is 0 Å². The van der Waals surface area contributed by atoms with Gasteiger partial charge in [0.1, 0.15) is 12.2 Å². The highest BCUT2D eigenvalue weighted by atomic mass is 79.9. The molecule has 0 amide bonds. The minimum absolute atomic E-state index is 0.0563. The van der Waals surface area contributed by atoms with Gasteiger partial charge in [-0.25, -0.2) is 0 Å². The van der Waals surface area contributed by atoms with Gasteiger partial charge in [0.2, 0.25) is 11.6 Å². The van der Waals surface area contributed by atoms with E-state index in [2.05, 4.69) is 31.9 Å². The summed E-state index contributed by atoms with van der Waals surface area (Å²) in [6, 6.07) is 10.8. The Balaban J connectivity index is 2.00. The van der Waals surface area contributed by atoms with Gasteiger partial charge in [0.25, 0.3) is 0 Å². The van der Waals surface area contributed by atoms with Crippen LogP contribution < -0.4 is 0 Å². The van der Waals surface area contributed by atoms with Gasteiger partial charge >= 0.3 is 0 Å². The van der Waals surface area contributed by atoms with Crippen LogP contribution in [0.5, 0.6) is 0 Å². The Morgan fingerprint density at radius 3 is 1.34 bits per heavy atom. The maximum absolute atomic E-state index is 12.3. The normalized spacial score (nSPS) is 15.1. The van der Waals surface area contributed by atoms with Crippen LogP contribution in [0.15, 0.2) is 45.3 Å². The Morgan fingerprint density at radius 2 is 1.06 bits per heavy atom. The zero-order valence-electron chi connectivity index (χ0n) is 18.0. The predicted octanol–water partition coefficient (Wildman–Crippen LogP) is 2.70. The summed E-state index contributed by atoms with van der Waals surface area (Å²) in [6.07, 6.45) is -5.56. The SMILES string of the molecule is CCc1ccc(CC(O)[C@H](O)C(=O)C(=O)[C@H](O)C(O)Cc2ccc(CC)c(Br)c2)cc1Br. The predicted molar refractivity (Wildman–Crippen MR) is 128 cm³/mol. The fourth-order valence-corrected chi connectivity index (χ4v) is 4.77. The third kappa shape index (κ3) is 6.79. The van der Waals surface area contributed by atoms with E-state index in [1.54, 1.807) is 24.3 Å². The topological polar surface area (TPSA) is 115 Å². The van der Waals surface area contributed by atoms with Crippen LogP contribution in [0.1, 0.15) is 36.1 Å². The molecular formula is C24H28Br2O6. The highest BCUT2D eigenvalue weighted by Crippen LogP contribution is 2.22. The fourth-order valence-electron chi connectivity index (χ4n) is 3.36. The zero-order valence-corrected chi connectivity index (χ0v) is 21.1. The number of Topliss-reactive ketones (excluding diaryl/α,β-unsaturated/α-hetero) is 2. The van der Waals surface area contributed by atoms with Crippen LogP contribution in [-0.4, -0.2) is 56.4 Å². The van der Waals surface area contributed by atoms with Crippen LogP contribution in [0.3, 0.4) is 0 Å². The number of carbonyl (C=O) groups is 2. The summed E-state index contributed by atoms with van der Waals surface area (Å²) in [7, 11) is 0. The van der Waals surface area contributed by atoms with Crippen molar-refractivity contribution in [3.05, 3.63) is 67.6 Å². The lowest BCUT2D eigenvalue weighted by molar-refractivity contribution is -0.152. The lowest BCUT2D eigenvalue weighted by Crippen LogP contribution is -2.47. The van der Waals surface area contributed by atoms with E-state index >= 15 is 0 Å².